The van der Waals surface area contributed by atoms with Crippen molar-refractivity contribution in [3.63, 3.8) is 0 Å². The average molecular weight is 393 g/mol. The molecule has 1 aliphatic carbocycles. The zero-order valence-corrected chi connectivity index (χ0v) is 17.5. The molecule has 0 bridgehead atoms. The van der Waals surface area contributed by atoms with E-state index in [0.717, 1.165) is 32.1 Å². The first-order valence-electron chi connectivity index (χ1n) is 10.2. The van der Waals surface area contributed by atoms with E-state index in [1.165, 1.54) is 6.42 Å². The van der Waals surface area contributed by atoms with Gasteiger partial charge in [-0.25, -0.2) is 8.42 Å². The van der Waals surface area contributed by atoms with Crippen molar-refractivity contribution in [1.82, 2.24) is 9.62 Å². The Bertz CT molecular complexity index is 785. The Kier molecular flexibility index (Phi) is 6.26. The molecule has 6 heteroatoms. The van der Waals surface area contributed by atoms with Crippen LogP contribution in [0.3, 0.4) is 0 Å². The van der Waals surface area contributed by atoms with E-state index in [2.05, 4.69) is 19.2 Å². The van der Waals surface area contributed by atoms with Crippen molar-refractivity contribution in [2.24, 2.45) is 11.8 Å². The molecule has 1 aromatic carbocycles. The molecule has 0 unspecified atom stereocenters. The van der Waals surface area contributed by atoms with E-state index >= 15 is 0 Å². The number of carbonyl (C=O) groups excluding carboxylic acids is 1. The quantitative estimate of drug-likeness (QED) is 0.849. The molecule has 0 radical (unpaired) electrons. The zero-order chi connectivity index (χ0) is 19.6. The summed E-state index contributed by atoms with van der Waals surface area (Å²) < 4.78 is 27.7. The summed E-state index contributed by atoms with van der Waals surface area (Å²) >= 11 is 0. The van der Waals surface area contributed by atoms with Gasteiger partial charge in [-0.2, -0.15) is 4.31 Å². The van der Waals surface area contributed by atoms with Gasteiger partial charge in [0.15, 0.2) is 0 Å². The van der Waals surface area contributed by atoms with Crippen LogP contribution in [0.25, 0.3) is 0 Å². The maximum absolute atomic E-state index is 13.1. The van der Waals surface area contributed by atoms with Gasteiger partial charge in [0.05, 0.1) is 4.90 Å². The lowest BCUT2D eigenvalue weighted by atomic mass is 9.78. The Hall–Kier alpha value is -1.40. The van der Waals surface area contributed by atoms with E-state index in [1.54, 1.807) is 29.4 Å². The minimum Gasteiger partial charge on any atom is -0.349 e. The van der Waals surface area contributed by atoms with Gasteiger partial charge in [0, 0.05) is 24.7 Å². The molecule has 1 saturated carbocycles. The summed E-state index contributed by atoms with van der Waals surface area (Å²) in [5.41, 5.74) is 1.12. The number of hydrogen-bond donors (Lipinski definition) is 1. The van der Waals surface area contributed by atoms with Gasteiger partial charge in [0.25, 0.3) is 5.91 Å². The van der Waals surface area contributed by atoms with Crippen LogP contribution in [0, 0.1) is 18.8 Å². The Labute approximate surface area is 163 Å². The molecule has 3 rings (SSSR count). The maximum Gasteiger partial charge on any atom is 0.251 e. The number of piperidine rings is 1. The summed E-state index contributed by atoms with van der Waals surface area (Å²) in [7, 11) is -3.55. The molecule has 0 aromatic heterocycles. The van der Waals surface area contributed by atoms with Crippen LogP contribution in [0.4, 0.5) is 0 Å². The number of sulfonamides is 1. The number of hydrogen-bond acceptors (Lipinski definition) is 3. The summed E-state index contributed by atoms with van der Waals surface area (Å²) in [6.07, 6.45) is 6.19. The van der Waals surface area contributed by atoms with Gasteiger partial charge in [-0.3, -0.25) is 4.79 Å². The summed E-state index contributed by atoms with van der Waals surface area (Å²) in [5.74, 6) is 0.859. The van der Waals surface area contributed by atoms with Crippen LogP contribution in [0.15, 0.2) is 23.1 Å². The third kappa shape index (κ3) is 4.37. The third-order valence-corrected chi connectivity index (χ3v) is 8.45. The second-order valence-electron chi connectivity index (χ2n) is 8.29. The van der Waals surface area contributed by atoms with Crippen LogP contribution in [0.2, 0.25) is 0 Å². The molecule has 1 heterocycles. The minimum atomic E-state index is -3.55. The fourth-order valence-electron chi connectivity index (χ4n) is 4.30. The summed E-state index contributed by atoms with van der Waals surface area (Å²) in [5, 5.41) is 3.15. The van der Waals surface area contributed by atoms with Gasteiger partial charge in [-0.05, 0) is 55.7 Å². The van der Waals surface area contributed by atoms with Crippen molar-refractivity contribution >= 4 is 15.9 Å². The first-order chi connectivity index (χ1) is 12.8. The Morgan fingerprint density at radius 2 is 1.78 bits per heavy atom. The van der Waals surface area contributed by atoms with E-state index in [0.29, 0.717) is 36.1 Å². The van der Waals surface area contributed by atoms with Crippen LogP contribution >= 0.6 is 0 Å². The molecule has 0 spiro atoms. The molecule has 1 aliphatic heterocycles. The summed E-state index contributed by atoms with van der Waals surface area (Å²) in [6.45, 7) is 7.35. The lowest BCUT2D eigenvalue weighted by Crippen LogP contribution is -2.43. The number of amides is 1. The van der Waals surface area contributed by atoms with Crippen LogP contribution in [0.1, 0.15) is 68.3 Å². The standard InChI is InChI=1S/C21H32N2O3S/c1-15-8-7-9-19(17(15)3)22-21(24)18-11-10-16(2)20(14-18)27(25,26)23-12-5-4-6-13-23/h10-11,14-15,17,19H,4-9,12-13H2,1-3H3,(H,22,24)/t15-,17-,19-/m0/s1. The molecular weight excluding hydrogens is 360 g/mol. The van der Waals surface area contributed by atoms with Gasteiger partial charge in [0.1, 0.15) is 0 Å². The molecule has 1 aromatic rings. The maximum atomic E-state index is 13.1. The van der Waals surface area contributed by atoms with Crippen molar-refractivity contribution in [1.29, 1.82) is 0 Å². The van der Waals surface area contributed by atoms with Crippen molar-refractivity contribution < 1.29 is 13.2 Å². The highest BCUT2D eigenvalue weighted by Crippen LogP contribution is 2.30. The van der Waals surface area contributed by atoms with Gasteiger partial charge in [0.2, 0.25) is 10.0 Å². The van der Waals surface area contributed by atoms with Gasteiger partial charge in [-0.1, -0.05) is 39.2 Å². The molecule has 2 fully saturated rings. The summed E-state index contributed by atoms with van der Waals surface area (Å²) in [6, 6.07) is 5.20. The van der Waals surface area contributed by atoms with Crippen LogP contribution < -0.4 is 5.32 Å². The highest BCUT2D eigenvalue weighted by molar-refractivity contribution is 7.89. The fourth-order valence-corrected chi connectivity index (χ4v) is 6.07. The van der Waals surface area contributed by atoms with Crippen molar-refractivity contribution in [2.75, 3.05) is 13.1 Å². The number of carbonyl (C=O) groups is 1. The lowest BCUT2D eigenvalue weighted by molar-refractivity contribution is 0.0891. The Morgan fingerprint density at radius 1 is 1.07 bits per heavy atom. The van der Waals surface area contributed by atoms with E-state index < -0.39 is 10.0 Å². The van der Waals surface area contributed by atoms with Crippen molar-refractivity contribution in [2.45, 2.75) is 70.2 Å². The molecule has 2 aliphatic rings. The van der Waals surface area contributed by atoms with E-state index in [-0.39, 0.29) is 16.8 Å². The first kappa shape index (κ1) is 20.3. The van der Waals surface area contributed by atoms with Crippen LogP contribution in [-0.4, -0.2) is 37.8 Å². The van der Waals surface area contributed by atoms with Crippen molar-refractivity contribution in [3.05, 3.63) is 29.3 Å². The average Bonchev–Trinajstić information content (AvgIpc) is 2.66. The number of nitrogens with zero attached hydrogens (tertiary/aromatic N) is 1. The topological polar surface area (TPSA) is 66.5 Å². The molecule has 5 nitrogen and oxygen atoms in total. The fraction of sp³-hybridized carbons (Fsp3) is 0.667. The van der Waals surface area contributed by atoms with Crippen LogP contribution in [-0.2, 0) is 10.0 Å². The smallest absolute Gasteiger partial charge is 0.251 e. The third-order valence-electron chi connectivity index (χ3n) is 6.41. The monoisotopic (exact) mass is 392 g/mol. The van der Waals surface area contributed by atoms with Gasteiger partial charge >= 0.3 is 0 Å². The lowest BCUT2D eigenvalue weighted by Gasteiger charge is -2.34. The number of nitrogens with one attached hydrogen (secondary N) is 1. The van der Waals surface area contributed by atoms with Gasteiger partial charge in [-0.15, -0.1) is 0 Å². The highest BCUT2D eigenvalue weighted by Gasteiger charge is 2.30. The molecule has 27 heavy (non-hydrogen) atoms. The zero-order valence-electron chi connectivity index (χ0n) is 16.7. The molecule has 1 amide bonds. The summed E-state index contributed by atoms with van der Waals surface area (Å²) in [4.78, 5) is 13.1. The van der Waals surface area contributed by atoms with E-state index in [9.17, 15) is 13.2 Å². The number of aryl methyl sites for hydroxylation is 1. The predicted molar refractivity (Wildman–Crippen MR) is 107 cm³/mol. The van der Waals surface area contributed by atoms with E-state index in [1.807, 2.05) is 0 Å². The molecule has 1 saturated heterocycles. The first-order valence-corrected chi connectivity index (χ1v) is 11.7. The molecular formula is C21H32N2O3S. The SMILES string of the molecule is Cc1ccc(C(=O)N[C@H]2CCC[C@H](C)[C@@H]2C)cc1S(=O)(=O)N1CCCCC1. The normalized spacial score (nSPS) is 27.3. The van der Waals surface area contributed by atoms with Crippen LogP contribution in [0.5, 0.6) is 0 Å². The largest absolute Gasteiger partial charge is 0.349 e. The highest BCUT2D eigenvalue weighted by atomic mass is 32.2. The second kappa shape index (κ2) is 8.31. The predicted octanol–water partition coefficient (Wildman–Crippen LogP) is 3.72. The molecule has 3 atom stereocenters. The molecule has 1 N–H and O–H groups in total. The minimum absolute atomic E-state index is 0.157. The number of rotatable bonds is 4. The Balaban J connectivity index is 1.81. The molecule has 150 valence electrons. The van der Waals surface area contributed by atoms with Crippen molar-refractivity contribution in [3.8, 4) is 0 Å². The van der Waals surface area contributed by atoms with E-state index in [4.69, 9.17) is 0 Å². The Morgan fingerprint density at radius 3 is 2.48 bits per heavy atom. The number of benzene rings is 1. The van der Waals surface area contributed by atoms with Gasteiger partial charge < -0.3 is 5.32 Å². The second-order valence-corrected chi connectivity index (χ2v) is 10.2.